The van der Waals surface area contributed by atoms with Gasteiger partial charge >= 0.3 is 0 Å². The molecule has 2 N–H and O–H groups in total. The molecule has 0 aliphatic carbocycles. The summed E-state index contributed by atoms with van der Waals surface area (Å²) in [6.07, 6.45) is 0. The Morgan fingerprint density at radius 3 is 2.65 bits per heavy atom. The van der Waals surface area contributed by atoms with Crippen LogP contribution in [0.2, 0.25) is 0 Å². The Morgan fingerprint density at radius 1 is 1.20 bits per heavy atom. The highest BCUT2D eigenvalue weighted by Gasteiger charge is 2.07. The summed E-state index contributed by atoms with van der Waals surface area (Å²) in [4.78, 5) is 4.53. The molecule has 0 amide bonds. The van der Waals surface area contributed by atoms with Crippen LogP contribution in [0, 0.1) is 6.92 Å². The first kappa shape index (κ1) is 15.0. The second-order valence-electron chi connectivity index (χ2n) is 5.94. The predicted octanol–water partition coefficient (Wildman–Crippen LogP) is 3.92. The van der Waals surface area contributed by atoms with Gasteiger partial charge < -0.3 is 10.6 Å². The topological polar surface area (TPSA) is 37.0 Å². The first-order valence-electron chi connectivity index (χ1n) is 6.95. The molecule has 2 aromatic rings. The van der Waals surface area contributed by atoms with Crippen LogP contribution in [0.25, 0.3) is 11.3 Å². The van der Waals surface area contributed by atoms with Gasteiger partial charge in [0.2, 0.25) is 0 Å². The lowest BCUT2D eigenvalue weighted by atomic mass is 10.1. The van der Waals surface area contributed by atoms with Gasteiger partial charge in [0, 0.05) is 35.3 Å². The molecule has 0 unspecified atom stereocenters. The van der Waals surface area contributed by atoms with E-state index in [1.165, 1.54) is 5.56 Å². The molecule has 1 aromatic carbocycles. The summed E-state index contributed by atoms with van der Waals surface area (Å²) in [6.45, 7) is 10.4. The molecule has 2 rings (SSSR count). The molecule has 0 radical (unpaired) electrons. The third kappa shape index (κ3) is 4.62. The molecule has 0 saturated heterocycles. The van der Waals surface area contributed by atoms with Crippen LogP contribution >= 0.6 is 11.3 Å². The number of benzene rings is 1. The van der Waals surface area contributed by atoms with Crippen molar-refractivity contribution in [3.8, 4) is 11.3 Å². The van der Waals surface area contributed by atoms with Gasteiger partial charge in [0.15, 0.2) is 0 Å². The number of thiazole rings is 1. The van der Waals surface area contributed by atoms with Crippen LogP contribution in [0.3, 0.4) is 0 Å². The van der Waals surface area contributed by atoms with Crippen molar-refractivity contribution in [3.05, 3.63) is 34.7 Å². The van der Waals surface area contributed by atoms with Crippen LogP contribution in [-0.2, 0) is 0 Å². The number of aromatic nitrogens is 1. The first-order chi connectivity index (χ1) is 9.44. The van der Waals surface area contributed by atoms with Gasteiger partial charge in [0.1, 0.15) is 0 Å². The molecule has 1 aromatic heterocycles. The Labute approximate surface area is 125 Å². The summed E-state index contributed by atoms with van der Waals surface area (Å²) in [5.41, 5.74) is 3.54. The number of rotatable bonds is 5. The van der Waals surface area contributed by atoms with Gasteiger partial charge in [-0.1, -0.05) is 12.1 Å². The van der Waals surface area contributed by atoms with Crippen molar-refractivity contribution in [2.45, 2.75) is 33.2 Å². The van der Waals surface area contributed by atoms with Gasteiger partial charge in [0.05, 0.1) is 10.7 Å². The molecular weight excluding hydrogens is 266 g/mol. The molecule has 4 heteroatoms. The maximum absolute atomic E-state index is 4.53. The molecule has 0 atom stereocenters. The molecule has 0 bridgehead atoms. The molecule has 20 heavy (non-hydrogen) atoms. The highest BCUT2D eigenvalue weighted by molar-refractivity contribution is 7.09. The van der Waals surface area contributed by atoms with E-state index in [4.69, 9.17) is 0 Å². The van der Waals surface area contributed by atoms with E-state index in [0.717, 1.165) is 29.5 Å². The molecule has 0 aliphatic rings. The molecule has 3 nitrogen and oxygen atoms in total. The van der Waals surface area contributed by atoms with E-state index >= 15 is 0 Å². The van der Waals surface area contributed by atoms with Crippen molar-refractivity contribution in [3.63, 3.8) is 0 Å². The van der Waals surface area contributed by atoms with Crippen LogP contribution in [0.1, 0.15) is 25.8 Å². The fraction of sp³-hybridized carbons (Fsp3) is 0.438. The summed E-state index contributed by atoms with van der Waals surface area (Å²) in [7, 11) is 0. The largest absolute Gasteiger partial charge is 0.384 e. The van der Waals surface area contributed by atoms with Gasteiger partial charge in [-0.05, 0) is 39.8 Å². The zero-order valence-corrected chi connectivity index (χ0v) is 13.5. The zero-order valence-electron chi connectivity index (χ0n) is 12.7. The normalized spacial score (nSPS) is 11.6. The lowest BCUT2D eigenvalue weighted by Gasteiger charge is -2.20. The molecular formula is C16H23N3S. The van der Waals surface area contributed by atoms with Crippen LogP contribution in [0.5, 0.6) is 0 Å². The Hall–Kier alpha value is -1.39. The van der Waals surface area contributed by atoms with E-state index in [9.17, 15) is 0 Å². The maximum Gasteiger partial charge on any atom is 0.0901 e. The highest BCUT2D eigenvalue weighted by Crippen LogP contribution is 2.23. The fourth-order valence-electron chi connectivity index (χ4n) is 1.93. The van der Waals surface area contributed by atoms with Crippen molar-refractivity contribution in [2.75, 3.05) is 18.4 Å². The van der Waals surface area contributed by atoms with E-state index < -0.39 is 0 Å². The number of hydrogen-bond acceptors (Lipinski definition) is 4. The van der Waals surface area contributed by atoms with E-state index in [1.807, 2.05) is 6.92 Å². The summed E-state index contributed by atoms with van der Waals surface area (Å²) >= 11 is 1.69. The monoisotopic (exact) mass is 289 g/mol. The van der Waals surface area contributed by atoms with E-state index in [1.54, 1.807) is 11.3 Å². The van der Waals surface area contributed by atoms with Crippen LogP contribution in [-0.4, -0.2) is 23.6 Å². The average Bonchev–Trinajstić information content (AvgIpc) is 2.81. The minimum atomic E-state index is 0.168. The summed E-state index contributed by atoms with van der Waals surface area (Å²) in [6, 6.07) is 8.43. The first-order valence-corrected chi connectivity index (χ1v) is 7.83. The van der Waals surface area contributed by atoms with Crippen molar-refractivity contribution in [2.24, 2.45) is 0 Å². The molecule has 1 heterocycles. The fourth-order valence-corrected chi connectivity index (χ4v) is 2.55. The summed E-state index contributed by atoms with van der Waals surface area (Å²) < 4.78 is 0. The second kappa shape index (κ2) is 6.37. The van der Waals surface area contributed by atoms with Crippen molar-refractivity contribution in [1.82, 2.24) is 10.3 Å². The zero-order chi connectivity index (χ0) is 14.6. The Balaban J connectivity index is 1.93. The molecule has 0 aliphatic heterocycles. The minimum absolute atomic E-state index is 0.168. The SMILES string of the molecule is Cc1nc(-c2cccc(NCCNC(C)(C)C)c2)cs1. The molecule has 0 saturated carbocycles. The third-order valence-electron chi connectivity index (χ3n) is 2.89. The average molecular weight is 289 g/mol. The minimum Gasteiger partial charge on any atom is -0.384 e. The maximum atomic E-state index is 4.53. The van der Waals surface area contributed by atoms with Gasteiger partial charge in [-0.2, -0.15) is 0 Å². The summed E-state index contributed by atoms with van der Waals surface area (Å²) in [5.74, 6) is 0. The number of nitrogens with zero attached hydrogens (tertiary/aromatic N) is 1. The lowest BCUT2D eigenvalue weighted by Crippen LogP contribution is -2.38. The number of nitrogens with one attached hydrogen (secondary N) is 2. The van der Waals surface area contributed by atoms with Crippen molar-refractivity contribution < 1.29 is 0 Å². The smallest absolute Gasteiger partial charge is 0.0901 e. The second-order valence-corrected chi connectivity index (χ2v) is 7.00. The van der Waals surface area contributed by atoms with Gasteiger partial charge in [-0.15, -0.1) is 11.3 Å². The van der Waals surface area contributed by atoms with E-state index in [0.29, 0.717) is 0 Å². The van der Waals surface area contributed by atoms with Gasteiger partial charge in [-0.3, -0.25) is 0 Å². The van der Waals surface area contributed by atoms with E-state index in [-0.39, 0.29) is 5.54 Å². The van der Waals surface area contributed by atoms with Crippen molar-refractivity contribution >= 4 is 17.0 Å². The standard InChI is InChI=1S/C16H23N3S/c1-12-19-15(11-20-12)13-6-5-7-14(10-13)17-8-9-18-16(2,3)4/h5-7,10-11,17-18H,8-9H2,1-4H3. The van der Waals surface area contributed by atoms with Gasteiger partial charge in [0.25, 0.3) is 0 Å². The van der Waals surface area contributed by atoms with Crippen LogP contribution < -0.4 is 10.6 Å². The molecule has 0 spiro atoms. The Bertz CT molecular complexity index is 555. The Kier molecular flexibility index (Phi) is 4.78. The van der Waals surface area contributed by atoms with Crippen molar-refractivity contribution in [1.29, 1.82) is 0 Å². The number of aryl methyl sites for hydroxylation is 1. The van der Waals surface area contributed by atoms with Crippen LogP contribution in [0.15, 0.2) is 29.6 Å². The molecule has 108 valence electrons. The molecule has 0 fully saturated rings. The number of hydrogen-bond donors (Lipinski definition) is 2. The van der Waals surface area contributed by atoms with Gasteiger partial charge in [-0.25, -0.2) is 4.98 Å². The van der Waals surface area contributed by atoms with E-state index in [2.05, 4.69) is 66.0 Å². The predicted molar refractivity (Wildman–Crippen MR) is 88.5 cm³/mol. The number of anilines is 1. The quantitative estimate of drug-likeness (QED) is 0.819. The Morgan fingerprint density at radius 2 is 2.00 bits per heavy atom. The summed E-state index contributed by atoms with van der Waals surface area (Å²) in [5, 5.41) is 10.1. The lowest BCUT2D eigenvalue weighted by molar-refractivity contribution is 0.435. The van der Waals surface area contributed by atoms with Crippen LogP contribution in [0.4, 0.5) is 5.69 Å². The highest BCUT2D eigenvalue weighted by atomic mass is 32.1. The third-order valence-corrected chi connectivity index (χ3v) is 3.66.